The van der Waals surface area contributed by atoms with Gasteiger partial charge in [-0.05, 0) is 31.3 Å². The smallest absolute Gasteiger partial charge is 0.163 e. The van der Waals surface area contributed by atoms with E-state index in [0.717, 1.165) is 11.0 Å². The van der Waals surface area contributed by atoms with Crippen molar-refractivity contribution in [1.29, 1.82) is 0 Å². The molecule has 0 aromatic heterocycles. The van der Waals surface area contributed by atoms with Gasteiger partial charge in [0.25, 0.3) is 0 Å². The quantitative estimate of drug-likeness (QED) is 0.832. The summed E-state index contributed by atoms with van der Waals surface area (Å²) in [5.41, 5.74) is 0.274. The Balaban J connectivity index is 2.11. The molecular formula is C15H14F3NS. The molecule has 0 saturated carbocycles. The van der Waals surface area contributed by atoms with Crippen LogP contribution in [0.2, 0.25) is 0 Å². The molecular weight excluding hydrogens is 283 g/mol. The second-order valence-corrected chi connectivity index (χ2v) is 5.35. The third kappa shape index (κ3) is 3.55. The fourth-order valence-electron chi connectivity index (χ4n) is 1.85. The van der Waals surface area contributed by atoms with Crippen LogP contribution in [0.3, 0.4) is 0 Å². The number of halogens is 3. The van der Waals surface area contributed by atoms with Crippen LogP contribution in [0.25, 0.3) is 0 Å². The van der Waals surface area contributed by atoms with Gasteiger partial charge in [-0.1, -0.05) is 18.2 Å². The maximum atomic E-state index is 13.7. The van der Waals surface area contributed by atoms with Crippen LogP contribution < -0.4 is 5.32 Å². The molecule has 1 N–H and O–H groups in total. The van der Waals surface area contributed by atoms with Gasteiger partial charge in [-0.15, -0.1) is 11.8 Å². The lowest BCUT2D eigenvalue weighted by molar-refractivity contribution is 0.483. The number of benzene rings is 2. The largest absolute Gasteiger partial charge is 0.312 e. The minimum atomic E-state index is -0.862. The van der Waals surface area contributed by atoms with Crippen LogP contribution in [0.4, 0.5) is 13.2 Å². The number of nitrogens with one attached hydrogen (secondary N) is 1. The molecule has 0 aliphatic carbocycles. The first-order chi connectivity index (χ1) is 9.61. The second-order valence-electron chi connectivity index (χ2n) is 4.25. The van der Waals surface area contributed by atoms with Crippen LogP contribution in [0.5, 0.6) is 0 Å². The maximum Gasteiger partial charge on any atom is 0.163 e. The molecule has 20 heavy (non-hydrogen) atoms. The summed E-state index contributed by atoms with van der Waals surface area (Å²) in [5.74, 6) is -1.54. The molecule has 0 heterocycles. The first-order valence-corrected chi connectivity index (χ1v) is 7.10. The normalized spacial score (nSPS) is 12.4. The average Bonchev–Trinajstić information content (AvgIpc) is 2.44. The molecule has 1 atom stereocenters. The summed E-state index contributed by atoms with van der Waals surface area (Å²) in [7, 11) is 1.68. The lowest BCUT2D eigenvalue weighted by Crippen LogP contribution is -2.20. The molecule has 0 aliphatic rings. The van der Waals surface area contributed by atoms with Crippen molar-refractivity contribution in [2.24, 2.45) is 0 Å². The van der Waals surface area contributed by atoms with Crippen LogP contribution in [0.1, 0.15) is 11.6 Å². The molecule has 0 radical (unpaired) electrons. The van der Waals surface area contributed by atoms with E-state index < -0.39 is 11.6 Å². The Bertz CT molecular complexity index is 589. The molecule has 0 amide bonds. The van der Waals surface area contributed by atoms with Gasteiger partial charge in [-0.2, -0.15) is 0 Å². The topological polar surface area (TPSA) is 12.0 Å². The van der Waals surface area contributed by atoms with Crippen molar-refractivity contribution in [3.63, 3.8) is 0 Å². The molecule has 0 spiro atoms. The highest BCUT2D eigenvalue weighted by molar-refractivity contribution is 7.99. The Kier molecular flexibility index (Phi) is 5.09. The monoisotopic (exact) mass is 297 g/mol. The highest BCUT2D eigenvalue weighted by Crippen LogP contribution is 2.27. The molecule has 2 aromatic rings. The molecule has 0 aliphatic heterocycles. The summed E-state index contributed by atoms with van der Waals surface area (Å²) in [5, 5.41) is 2.95. The predicted molar refractivity (Wildman–Crippen MR) is 75.3 cm³/mol. The lowest BCUT2D eigenvalue weighted by atomic mass is 10.1. The summed E-state index contributed by atoms with van der Waals surface area (Å²) in [6.07, 6.45) is 0. The maximum absolute atomic E-state index is 13.7. The first kappa shape index (κ1) is 14.9. The molecule has 0 saturated heterocycles. The van der Waals surface area contributed by atoms with E-state index >= 15 is 0 Å². The third-order valence-electron chi connectivity index (χ3n) is 2.92. The van der Waals surface area contributed by atoms with Crippen molar-refractivity contribution in [2.75, 3.05) is 12.8 Å². The molecule has 0 fully saturated rings. The van der Waals surface area contributed by atoms with E-state index in [2.05, 4.69) is 5.32 Å². The van der Waals surface area contributed by atoms with Gasteiger partial charge in [-0.25, -0.2) is 13.2 Å². The molecule has 2 rings (SSSR count). The van der Waals surface area contributed by atoms with Gasteiger partial charge in [0.05, 0.1) is 0 Å². The van der Waals surface area contributed by atoms with Gasteiger partial charge in [0.2, 0.25) is 0 Å². The van der Waals surface area contributed by atoms with Crippen LogP contribution in [-0.4, -0.2) is 12.8 Å². The fraction of sp³-hybridized carbons (Fsp3) is 0.200. The van der Waals surface area contributed by atoms with E-state index in [-0.39, 0.29) is 17.4 Å². The number of hydrogen-bond donors (Lipinski definition) is 1. The third-order valence-corrected chi connectivity index (χ3v) is 4.01. The van der Waals surface area contributed by atoms with Gasteiger partial charge in [0, 0.05) is 22.3 Å². The highest BCUT2D eigenvalue weighted by Gasteiger charge is 2.17. The standard InChI is InChI=1S/C15H14F3NS/c1-19-14(12-6-3-7-13(17)15(12)18)9-20-11-5-2-4-10(16)8-11/h2-8,14,19H,9H2,1H3. The lowest BCUT2D eigenvalue weighted by Gasteiger charge is -2.17. The molecule has 1 unspecified atom stereocenters. The van der Waals surface area contributed by atoms with Crippen molar-refractivity contribution in [3.8, 4) is 0 Å². The molecule has 0 bridgehead atoms. The predicted octanol–water partition coefficient (Wildman–Crippen LogP) is 4.16. The summed E-state index contributed by atoms with van der Waals surface area (Å²) in [6.45, 7) is 0. The second kappa shape index (κ2) is 6.81. The number of hydrogen-bond acceptors (Lipinski definition) is 2. The van der Waals surface area contributed by atoms with Crippen LogP contribution >= 0.6 is 11.8 Å². The van der Waals surface area contributed by atoms with E-state index in [1.54, 1.807) is 25.2 Å². The van der Waals surface area contributed by atoms with E-state index in [1.165, 1.54) is 30.0 Å². The summed E-state index contributed by atoms with van der Waals surface area (Å²) in [6, 6.07) is 9.95. The zero-order chi connectivity index (χ0) is 14.5. The van der Waals surface area contributed by atoms with E-state index in [1.807, 2.05) is 0 Å². The van der Waals surface area contributed by atoms with Crippen LogP contribution in [-0.2, 0) is 0 Å². The van der Waals surface area contributed by atoms with Gasteiger partial charge >= 0.3 is 0 Å². The minimum absolute atomic E-state index is 0.274. The van der Waals surface area contributed by atoms with Crippen molar-refractivity contribution in [1.82, 2.24) is 5.32 Å². The zero-order valence-electron chi connectivity index (χ0n) is 10.9. The first-order valence-electron chi connectivity index (χ1n) is 6.11. The Morgan fingerprint density at radius 2 is 1.85 bits per heavy atom. The highest BCUT2D eigenvalue weighted by atomic mass is 32.2. The number of thioether (sulfide) groups is 1. The summed E-state index contributed by atoms with van der Waals surface area (Å²) >= 11 is 1.39. The van der Waals surface area contributed by atoms with E-state index in [4.69, 9.17) is 0 Å². The average molecular weight is 297 g/mol. The van der Waals surface area contributed by atoms with E-state index in [9.17, 15) is 13.2 Å². The SMILES string of the molecule is CNC(CSc1cccc(F)c1)c1cccc(F)c1F. The zero-order valence-corrected chi connectivity index (χ0v) is 11.7. The van der Waals surface area contributed by atoms with Gasteiger partial charge in [-0.3, -0.25) is 0 Å². The fourth-order valence-corrected chi connectivity index (χ4v) is 2.93. The van der Waals surface area contributed by atoms with E-state index in [0.29, 0.717) is 5.75 Å². The Labute approximate surface area is 120 Å². The Morgan fingerprint density at radius 1 is 1.10 bits per heavy atom. The van der Waals surface area contributed by atoms with Gasteiger partial charge in [0.15, 0.2) is 11.6 Å². The van der Waals surface area contributed by atoms with Crippen LogP contribution in [0.15, 0.2) is 47.4 Å². The van der Waals surface area contributed by atoms with Crippen molar-refractivity contribution < 1.29 is 13.2 Å². The molecule has 106 valence electrons. The molecule has 5 heteroatoms. The van der Waals surface area contributed by atoms with Gasteiger partial charge in [0.1, 0.15) is 5.82 Å². The Hall–Kier alpha value is -1.46. The van der Waals surface area contributed by atoms with Crippen molar-refractivity contribution in [3.05, 3.63) is 65.5 Å². The minimum Gasteiger partial charge on any atom is -0.312 e. The van der Waals surface area contributed by atoms with Crippen molar-refractivity contribution in [2.45, 2.75) is 10.9 Å². The summed E-state index contributed by atoms with van der Waals surface area (Å²) < 4.78 is 40.1. The van der Waals surface area contributed by atoms with Crippen molar-refractivity contribution >= 4 is 11.8 Å². The van der Waals surface area contributed by atoms with Crippen LogP contribution in [0, 0.1) is 17.5 Å². The Morgan fingerprint density at radius 3 is 2.55 bits per heavy atom. The molecule has 2 aromatic carbocycles. The number of rotatable bonds is 5. The molecule has 1 nitrogen and oxygen atoms in total. The van der Waals surface area contributed by atoms with Gasteiger partial charge < -0.3 is 5.32 Å². The summed E-state index contributed by atoms with van der Waals surface area (Å²) in [4.78, 5) is 0.752.